The zero-order valence-electron chi connectivity index (χ0n) is 13.8. The number of nitriles is 2. The van der Waals surface area contributed by atoms with Crippen molar-refractivity contribution in [3.63, 3.8) is 0 Å². The second-order valence-corrected chi connectivity index (χ2v) is 6.46. The van der Waals surface area contributed by atoms with Gasteiger partial charge in [0, 0.05) is 21.5 Å². The molecule has 0 N–H and O–H groups in total. The van der Waals surface area contributed by atoms with E-state index >= 15 is 0 Å². The molecule has 2 heteroatoms. The van der Waals surface area contributed by atoms with Gasteiger partial charge in [-0.3, -0.25) is 0 Å². The van der Waals surface area contributed by atoms with Crippen molar-refractivity contribution in [3.8, 4) is 12.1 Å². The van der Waals surface area contributed by atoms with Gasteiger partial charge in [0.2, 0.25) is 0 Å². The average Bonchev–Trinajstić information content (AvgIpc) is 2.69. The monoisotopic (exact) mass is 328 g/mol. The fourth-order valence-corrected chi connectivity index (χ4v) is 3.84. The van der Waals surface area contributed by atoms with Crippen LogP contribution in [0.25, 0.3) is 43.1 Å². The molecule has 5 aromatic carbocycles. The van der Waals surface area contributed by atoms with E-state index in [1.165, 1.54) is 0 Å². The molecule has 5 aromatic rings. The van der Waals surface area contributed by atoms with Gasteiger partial charge >= 0.3 is 0 Å². The molecule has 0 unspecified atom stereocenters. The minimum Gasteiger partial charge on any atom is -0.192 e. The van der Waals surface area contributed by atoms with E-state index in [0.29, 0.717) is 11.1 Å². The SMILES string of the molecule is N#Cc1c2cc3ccccc3cc2c(C#N)c2cc3ccccc3cc12. The molecular weight excluding hydrogens is 316 g/mol. The molecule has 118 valence electrons. The third-order valence-corrected chi connectivity index (χ3v) is 5.07. The Morgan fingerprint density at radius 3 is 0.962 bits per heavy atom. The molecule has 0 atom stereocenters. The summed E-state index contributed by atoms with van der Waals surface area (Å²) >= 11 is 0. The number of benzene rings is 5. The summed E-state index contributed by atoms with van der Waals surface area (Å²) in [4.78, 5) is 0. The summed E-state index contributed by atoms with van der Waals surface area (Å²) in [7, 11) is 0. The summed E-state index contributed by atoms with van der Waals surface area (Å²) in [5.74, 6) is 0. The molecule has 0 saturated heterocycles. The molecule has 0 fully saturated rings. The van der Waals surface area contributed by atoms with Gasteiger partial charge in [0.15, 0.2) is 0 Å². The van der Waals surface area contributed by atoms with Crippen LogP contribution in [0, 0.1) is 22.7 Å². The third kappa shape index (κ3) is 1.91. The van der Waals surface area contributed by atoms with Crippen molar-refractivity contribution < 1.29 is 0 Å². The van der Waals surface area contributed by atoms with Crippen molar-refractivity contribution in [2.24, 2.45) is 0 Å². The van der Waals surface area contributed by atoms with E-state index in [1.54, 1.807) is 0 Å². The molecule has 0 radical (unpaired) electrons. The van der Waals surface area contributed by atoms with Crippen LogP contribution in [-0.2, 0) is 0 Å². The summed E-state index contributed by atoms with van der Waals surface area (Å²) in [6.07, 6.45) is 0. The molecule has 0 saturated carbocycles. The van der Waals surface area contributed by atoms with Crippen molar-refractivity contribution in [2.45, 2.75) is 0 Å². The van der Waals surface area contributed by atoms with E-state index in [-0.39, 0.29) is 0 Å². The first-order chi connectivity index (χ1) is 12.8. The van der Waals surface area contributed by atoms with Crippen molar-refractivity contribution in [2.75, 3.05) is 0 Å². The Bertz CT molecular complexity index is 1240. The molecule has 0 aliphatic heterocycles. The second-order valence-electron chi connectivity index (χ2n) is 6.46. The van der Waals surface area contributed by atoms with Gasteiger partial charge in [-0.05, 0) is 45.8 Å². The Balaban J connectivity index is 2.11. The minimum atomic E-state index is 0.630. The summed E-state index contributed by atoms with van der Waals surface area (Å²) in [6.45, 7) is 0. The standard InChI is InChI=1S/C24H12N2/c25-13-23-19-9-15-5-1-2-6-16(15)10-20(19)24(14-26)22-12-18-8-4-3-7-17(18)11-21(22)23/h1-12H. The van der Waals surface area contributed by atoms with Crippen LogP contribution in [0.3, 0.4) is 0 Å². The Kier molecular flexibility index (Phi) is 2.95. The van der Waals surface area contributed by atoms with Gasteiger partial charge in [-0.2, -0.15) is 10.5 Å². The number of rotatable bonds is 0. The maximum absolute atomic E-state index is 9.91. The minimum absolute atomic E-state index is 0.630. The highest BCUT2D eigenvalue weighted by atomic mass is 14.3. The van der Waals surface area contributed by atoms with Gasteiger partial charge in [-0.1, -0.05) is 48.5 Å². The Morgan fingerprint density at radius 2 is 0.731 bits per heavy atom. The lowest BCUT2D eigenvalue weighted by Gasteiger charge is -2.12. The molecule has 0 spiro atoms. The number of nitrogens with zero attached hydrogens (tertiary/aromatic N) is 2. The van der Waals surface area contributed by atoms with Gasteiger partial charge in [0.25, 0.3) is 0 Å². The molecule has 5 rings (SSSR count). The van der Waals surface area contributed by atoms with Gasteiger partial charge in [-0.25, -0.2) is 0 Å². The average molecular weight is 328 g/mol. The summed E-state index contributed by atoms with van der Waals surface area (Å²) in [5.41, 5.74) is 1.26. The lowest BCUT2D eigenvalue weighted by molar-refractivity contribution is 1.50. The summed E-state index contributed by atoms with van der Waals surface area (Å²) in [5, 5.41) is 27.5. The molecule has 0 aliphatic carbocycles. The molecule has 0 aromatic heterocycles. The van der Waals surface area contributed by atoms with Crippen molar-refractivity contribution >= 4 is 43.1 Å². The first-order valence-electron chi connectivity index (χ1n) is 8.41. The third-order valence-electron chi connectivity index (χ3n) is 5.07. The van der Waals surface area contributed by atoms with E-state index in [1.807, 2.05) is 72.8 Å². The summed E-state index contributed by atoms with van der Waals surface area (Å²) in [6, 6.07) is 29.0. The Labute approximate surface area is 150 Å². The lowest BCUT2D eigenvalue weighted by atomic mass is 9.89. The fraction of sp³-hybridized carbons (Fsp3) is 0. The van der Waals surface area contributed by atoms with Gasteiger partial charge in [-0.15, -0.1) is 0 Å². The van der Waals surface area contributed by atoms with E-state index < -0.39 is 0 Å². The van der Waals surface area contributed by atoms with E-state index in [2.05, 4.69) is 12.1 Å². The highest BCUT2D eigenvalue weighted by Gasteiger charge is 2.15. The lowest BCUT2D eigenvalue weighted by Crippen LogP contribution is -1.91. The molecule has 0 bridgehead atoms. The zero-order valence-corrected chi connectivity index (χ0v) is 13.8. The summed E-state index contributed by atoms with van der Waals surface area (Å²) < 4.78 is 0. The maximum Gasteiger partial charge on any atom is 0.100 e. The quantitative estimate of drug-likeness (QED) is 0.325. The Hall–Kier alpha value is -3.88. The van der Waals surface area contributed by atoms with Gasteiger partial charge in [0.1, 0.15) is 12.1 Å². The number of hydrogen-bond acceptors (Lipinski definition) is 2. The predicted molar refractivity (Wildman–Crippen MR) is 106 cm³/mol. The maximum atomic E-state index is 9.91. The fourth-order valence-electron chi connectivity index (χ4n) is 3.84. The predicted octanol–water partition coefficient (Wildman–Crippen LogP) is 6.04. The van der Waals surface area contributed by atoms with Gasteiger partial charge in [0.05, 0.1) is 11.1 Å². The smallest absolute Gasteiger partial charge is 0.100 e. The first kappa shape index (κ1) is 14.5. The number of fused-ring (bicyclic) bond motifs is 4. The molecule has 2 nitrogen and oxygen atoms in total. The number of hydrogen-bond donors (Lipinski definition) is 0. The zero-order chi connectivity index (χ0) is 17.7. The van der Waals surface area contributed by atoms with Crippen molar-refractivity contribution in [1.29, 1.82) is 10.5 Å². The van der Waals surface area contributed by atoms with E-state index in [4.69, 9.17) is 0 Å². The van der Waals surface area contributed by atoms with Crippen LogP contribution in [0.15, 0.2) is 72.8 Å². The molecule has 0 amide bonds. The van der Waals surface area contributed by atoms with Crippen LogP contribution in [0.2, 0.25) is 0 Å². The highest BCUT2D eigenvalue weighted by molar-refractivity contribution is 6.15. The van der Waals surface area contributed by atoms with Crippen LogP contribution in [0.4, 0.5) is 0 Å². The van der Waals surface area contributed by atoms with Crippen molar-refractivity contribution in [1.82, 2.24) is 0 Å². The van der Waals surface area contributed by atoms with Crippen molar-refractivity contribution in [3.05, 3.63) is 83.9 Å². The second kappa shape index (κ2) is 5.31. The van der Waals surface area contributed by atoms with E-state index in [9.17, 15) is 10.5 Å². The molecular formula is C24H12N2. The van der Waals surface area contributed by atoms with Crippen LogP contribution in [0.5, 0.6) is 0 Å². The van der Waals surface area contributed by atoms with Crippen LogP contribution < -0.4 is 0 Å². The van der Waals surface area contributed by atoms with Crippen LogP contribution in [0.1, 0.15) is 11.1 Å². The largest absolute Gasteiger partial charge is 0.192 e. The molecule has 26 heavy (non-hydrogen) atoms. The first-order valence-corrected chi connectivity index (χ1v) is 8.41. The van der Waals surface area contributed by atoms with E-state index in [0.717, 1.165) is 43.1 Å². The Morgan fingerprint density at radius 1 is 0.462 bits per heavy atom. The van der Waals surface area contributed by atoms with Crippen LogP contribution >= 0.6 is 0 Å². The van der Waals surface area contributed by atoms with Gasteiger partial charge < -0.3 is 0 Å². The molecule has 0 aliphatic rings. The normalized spacial score (nSPS) is 11.0. The highest BCUT2D eigenvalue weighted by Crippen LogP contribution is 2.36. The molecule has 0 heterocycles. The van der Waals surface area contributed by atoms with Crippen LogP contribution in [-0.4, -0.2) is 0 Å². The topological polar surface area (TPSA) is 47.6 Å².